The molecule has 29 heavy (non-hydrogen) atoms. The first-order chi connectivity index (χ1) is 14.0. The van der Waals surface area contributed by atoms with Crippen LogP contribution in [0.4, 0.5) is 5.82 Å². The van der Waals surface area contributed by atoms with Gasteiger partial charge in [0.1, 0.15) is 11.5 Å². The first-order valence-electron chi connectivity index (χ1n) is 9.46. The van der Waals surface area contributed by atoms with Crippen molar-refractivity contribution >= 4 is 17.4 Å². The van der Waals surface area contributed by atoms with Crippen LogP contribution in [0.15, 0.2) is 36.5 Å². The van der Waals surface area contributed by atoms with Crippen LogP contribution in [-0.2, 0) is 11.8 Å². The standard InChI is InChI=1S/C20H20N8O/c1-11-23-24-20-7-5-16(26-28(11)20)18-9-17(25-27(18)3)15-8-14(15)13-4-6-19(21-10-13)22-12(2)29/h4-7,9-10,14-15H,8H2,1-3H3,(H,21,22,29). The van der Waals surface area contributed by atoms with E-state index in [9.17, 15) is 4.79 Å². The van der Waals surface area contributed by atoms with Gasteiger partial charge in [-0.25, -0.2) is 4.98 Å². The van der Waals surface area contributed by atoms with Gasteiger partial charge in [-0.05, 0) is 49.1 Å². The molecule has 0 radical (unpaired) electrons. The summed E-state index contributed by atoms with van der Waals surface area (Å²) >= 11 is 0. The minimum Gasteiger partial charge on any atom is -0.311 e. The number of fused-ring (bicyclic) bond motifs is 1. The van der Waals surface area contributed by atoms with E-state index >= 15 is 0 Å². The van der Waals surface area contributed by atoms with Crippen molar-refractivity contribution < 1.29 is 4.79 Å². The molecule has 5 rings (SSSR count). The summed E-state index contributed by atoms with van der Waals surface area (Å²) < 4.78 is 3.61. The van der Waals surface area contributed by atoms with Crippen LogP contribution >= 0.6 is 0 Å². The molecule has 146 valence electrons. The van der Waals surface area contributed by atoms with E-state index in [0.29, 0.717) is 17.7 Å². The molecule has 1 fully saturated rings. The maximum atomic E-state index is 11.1. The fourth-order valence-corrected chi connectivity index (χ4v) is 3.71. The van der Waals surface area contributed by atoms with Crippen molar-refractivity contribution in [3.63, 3.8) is 0 Å². The second-order valence-corrected chi connectivity index (χ2v) is 7.42. The van der Waals surface area contributed by atoms with Gasteiger partial charge < -0.3 is 5.32 Å². The molecule has 2 unspecified atom stereocenters. The molecular formula is C20H20N8O. The molecule has 0 spiro atoms. The summed E-state index contributed by atoms with van der Waals surface area (Å²) in [5.41, 5.74) is 4.74. The molecule has 1 aliphatic carbocycles. The summed E-state index contributed by atoms with van der Waals surface area (Å²) in [6.45, 7) is 3.36. The lowest BCUT2D eigenvalue weighted by Gasteiger charge is -2.02. The van der Waals surface area contributed by atoms with E-state index in [4.69, 9.17) is 5.10 Å². The smallest absolute Gasteiger partial charge is 0.222 e. The number of rotatable bonds is 4. The van der Waals surface area contributed by atoms with E-state index < -0.39 is 0 Å². The van der Waals surface area contributed by atoms with Crippen LogP contribution in [0.2, 0.25) is 0 Å². The van der Waals surface area contributed by atoms with Crippen molar-refractivity contribution in [3.8, 4) is 11.4 Å². The molecule has 4 aromatic heterocycles. The van der Waals surface area contributed by atoms with Crippen LogP contribution < -0.4 is 5.32 Å². The number of pyridine rings is 1. The molecule has 1 amide bonds. The Hall–Kier alpha value is -3.62. The Morgan fingerprint density at radius 3 is 2.76 bits per heavy atom. The van der Waals surface area contributed by atoms with Crippen LogP contribution in [0, 0.1) is 6.92 Å². The van der Waals surface area contributed by atoms with Gasteiger partial charge in [-0.1, -0.05) is 6.07 Å². The van der Waals surface area contributed by atoms with Crippen LogP contribution in [0.1, 0.15) is 42.3 Å². The van der Waals surface area contributed by atoms with E-state index in [1.807, 2.05) is 49.1 Å². The number of aryl methyl sites for hydroxylation is 2. The number of anilines is 1. The average Bonchev–Trinajstić information content (AvgIpc) is 3.28. The molecule has 9 heteroatoms. The summed E-state index contributed by atoms with van der Waals surface area (Å²) in [7, 11) is 1.94. The van der Waals surface area contributed by atoms with Gasteiger partial charge in [-0.2, -0.15) is 14.7 Å². The van der Waals surface area contributed by atoms with Crippen LogP contribution in [0.25, 0.3) is 17.0 Å². The third-order valence-corrected chi connectivity index (χ3v) is 5.27. The highest BCUT2D eigenvalue weighted by atomic mass is 16.1. The predicted molar refractivity (Wildman–Crippen MR) is 106 cm³/mol. The van der Waals surface area contributed by atoms with Crippen LogP contribution in [-0.4, -0.2) is 40.5 Å². The molecule has 0 bridgehead atoms. The number of nitrogens with zero attached hydrogens (tertiary/aromatic N) is 7. The van der Waals surface area contributed by atoms with Gasteiger partial charge in [0.15, 0.2) is 11.5 Å². The fourth-order valence-electron chi connectivity index (χ4n) is 3.71. The zero-order valence-corrected chi connectivity index (χ0v) is 16.4. The highest BCUT2D eigenvalue weighted by molar-refractivity contribution is 5.87. The number of amides is 1. The summed E-state index contributed by atoms with van der Waals surface area (Å²) in [5, 5.41) is 20.2. The largest absolute Gasteiger partial charge is 0.311 e. The Kier molecular flexibility index (Phi) is 3.90. The van der Waals surface area contributed by atoms with E-state index in [2.05, 4.69) is 31.7 Å². The topological polar surface area (TPSA) is 103 Å². The summed E-state index contributed by atoms with van der Waals surface area (Å²) in [4.78, 5) is 15.5. The van der Waals surface area contributed by atoms with E-state index in [1.165, 1.54) is 6.92 Å². The quantitative estimate of drug-likeness (QED) is 0.576. The minimum absolute atomic E-state index is 0.121. The lowest BCUT2D eigenvalue weighted by molar-refractivity contribution is -0.114. The molecule has 2 atom stereocenters. The Balaban J connectivity index is 1.38. The SMILES string of the molecule is CC(=O)Nc1ccc(C2CC2c2cc(-c3ccc4nnc(C)n4n3)n(C)n2)cn1. The van der Waals surface area contributed by atoms with Crippen molar-refractivity contribution in [2.75, 3.05) is 5.32 Å². The summed E-state index contributed by atoms with van der Waals surface area (Å²) in [5.74, 6) is 1.96. The van der Waals surface area contributed by atoms with Gasteiger partial charge in [0.25, 0.3) is 0 Å². The maximum absolute atomic E-state index is 11.1. The second kappa shape index (κ2) is 6.47. The Morgan fingerprint density at radius 2 is 2.00 bits per heavy atom. The van der Waals surface area contributed by atoms with Gasteiger partial charge in [-0.15, -0.1) is 10.2 Å². The number of aromatic nitrogens is 7. The first-order valence-corrected chi connectivity index (χ1v) is 9.46. The van der Waals surface area contributed by atoms with Crippen molar-refractivity contribution in [2.45, 2.75) is 32.1 Å². The van der Waals surface area contributed by atoms with Gasteiger partial charge in [-0.3, -0.25) is 9.48 Å². The molecule has 9 nitrogen and oxygen atoms in total. The third kappa shape index (κ3) is 3.14. The minimum atomic E-state index is -0.121. The number of hydrogen-bond donors (Lipinski definition) is 1. The number of carbonyl (C=O) groups is 1. The van der Waals surface area contributed by atoms with Crippen molar-refractivity contribution in [1.29, 1.82) is 0 Å². The van der Waals surface area contributed by atoms with Gasteiger partial charge in [0.2, 0.25) is 5.91 Å². The zero-order chi connectivity index (χ0) is 20.1. The molecule has 1 aliphatic rings. The molecule has 4 heterocycles. The molecule has 0 aromatic carbocycles. The van der Waals surface area contributed by atoms with Gasteiger partial charge in [0, 0.05) is 26.1 Å². The Bertz CT molecular complexity index is 1220. The van der Waals surface area contributed by atoms with Gasteiger partial charge >= 0.3 is 0 Å². The predicted octanol–water partition coefficient (Wildman–Crippen LogP) is 2.46. The lowest BCUT2D eigenvalue weighted by atomic mass is 10.1. The third-order valence-electron chi connectivity index (χ3n) is 5.27. The number of nitrogens with one attached hydrogen (secondary N) is 1. The number of carbonyl (C=O) groups excluding carboxylic acids is 1. The first kappa shape index (κ1) is 17.5. The average molecular weight is 388 g/mol. The molecule has 4 aromatic rings. The van der Waals surface area contributed by atoms with E-state index in [-0.39, 0.29) is 5.91 Å². The normalized spacial score (nSPS) is 18.2. The van der Waals surface area contributed by atoms with Crippen LogP contribution in [0.3, 0.4) is 0 Å². The summed E-state index contributed by atoms with van der Waals surface area (Å²) in [6, 6.07) is 9.84. The van der Waals surface area contributed by atoms with E-state index in [0.717, 1.165) is 40.5 Å². The summed E-state index contributed by atoms with van der Waals surface area (Å²) in [6.07, 6.45) is 2.87. The van der Waals surface area contributed by atoms with Crippen molar-refractivity contribution in [2.24, 2.45) is 7.05 Å². The number of hydrogen-bond acceptors (Lipinski definition) is 6. The zero-order valence-electron chi connectivity index (χ0n) is 16.4. The highest BCUT2D eigenvalue weighted by Gasteiger charge is 2.41. The molecule has 0 aliphatic heterocycles. The van der Waals surface area contributed by atoms with Crippen molar-refractivity contribution in [3.05, 3.63) is 53.6 Å². The lowest BCUT2D eigenvalue weighted by Crippen LogP contribution is -2.07. The second-order valence-electron chi connectivity index (χ2n) is 7.42. The van der Waals surface area contributed by atoms with Gasteiger partial charge in [0.05, 0.1) is 11.4 Å². The van der Waals surface area contributed by atoms with Crippen LogP contribution in [0.5, 0.6) is 0 Å². The Morgan fingerprint density at radius 1 is 1.14 bits per heavy atom. The highest BCUT2D eigenvalue weighted by Crippen LogP contribution is 2.54. The molecule has 0 saturated heterocycles. The monoisotopic (exact) mass is 388 g/mol. The molecule has 1 N–H and O–H groups in total. The molecule has 1 saturated carbocycles. The Labute approximate surface area is 166 Å². The van der Waals surface area contributed by atoms with Crippen molar-refractivity contribution in [1.82, 2.24) is 34.6 Å². The van der Waals surface area contributed by atoms with E-state index in [1.54, 1.807) is 4.52 Å². The molecular weight excluding hydrogens is 368 g/mol. The maximum Gasteiger partial charge on any atom is 0.222 e. The fraction of sp³-hybridized carbons (Fsp3) is 0.300.